The van der Waals surface area contributed by atoms with Gasteiger partial charge in [-0.05, 0) is 43.7 Å². The topological polar surface area (TPSA) is 38.3 Å². The maximum atomic E-state index is 11.6. The minimum atomic E-state index is 0.0980. The molecule has 1 atom stereocenters. The van der Waals surface area contributed by atoms with Crippen molar-refractivity contribution in [3.8, 4) is 0 Å². The number of rotatable bonds is 7. The van der Waals surface area contributed by atoms with E-state index in [1.165, 1.54) is 30.6 Å². The number of hydrogen-bond donors (Lipinski definition) is 1. The summed E-state index contributed by atoms with van der Waals surface area (Å²) in [5.41, 5.74) is 0. The predicted octanol–water partition coefficient (Wildman–Crippen LogP) is 2.87. The molecule has 1 fully saturated rings. The molecule has 0 saturated carbocycles. The average Bonchev–Trinajstić information content (AvgIpc) is 2.93. The van der Waals surface area contributed by atoms with Gasteiger partial charge in [0, 0.05) is 12.6 Å². The molecule has 3 nitrogen and oxygen atoms in total. The second-order valence-electron chi connectivity index (χ2n) is 4.74. The van der Waals surface area contributed by atoms with Gasteiger partial charge in [-0.2, -0.15) is 0 Å². The Morgan fingerprint density at radius 1 is 1.50 bits per heavy atom. The molecule has 1 unspecified atom stereocenters. The average molecular weight is 267 g/mol. The smallest absolute Gasteiger partial charge is 0.198 e. The molecule has 100 valence electrons. The summed E-state index contributed by atoms with van der Waals surface area (Å²) in [6.45, 7) is 2.07. The largest absolute Gasteiger partial charge is 0.373 e. The summed E-state index contributed by atoms with van der Waals surface area (Å²) in [5.74, 6) is 0.0980. The Bertz CT molecular complexity index is 345. The first kappa shape index (κ1) is 13.7. The number of piperidine rings is 1. The SMILES string of the molecule is O=C(COCCCC1CCCCN1)c1cccs1. The van der Waals surface area contributed by atoms with Crippen molar-refractivity contribution in [3.63, 3.8) is 0 Å². The van der Waals surface area contributed by atoms with Crippen LogP contribution in [0.25, 0.3) is 0 Å². The zero-order chi connectivity index (χ0) is 12.6. The third kappa shape index (κ3) is 4.52. The highest BCUT2D eigenvalue weighted by Gasteiger charge is 2.12. The summed E-state index contributed by atoms with van der Waals surface area (Å²) >= 11 is 1.48. The van der Waals surface area contributed by atoms with Gasteiger partial charge in [-0.15, -0.1) is 11.3 Å². The highest BCUT2D eigenvalue weighted by molar-refractivity contribution is 7.12. The standard InChI is InChI=1S/C14H21NO2S/c16-13(14-7-4-10-18-14)11-17-9-3-6-12-5-1-2-8-15-12/h4,7,10,12,15H,1-3,5-6,8-9,11H2. The molecule has 0 amide bonds. The zero-order valence-corrected chi connectivity index (χ0v) is 11.5. The van der Waals surface area contributed by atoms with Crippen molar-refractivity contribution < 1.29 is 9.53 Å². The van der Waals surface area contributed by atoms with E-state index in [1.54, 1.807) is 0 Å². The van der Waals surface area contributed by atoms with Crippen LogP contribution in [0.4, 0.5) is 0 Å². The minimum Gasteiger partial charge on any atom is -0.373 e. The van der Waals surface area contributed by atoms with E-state index >= 15 is 0 Å². The van der Waals surface area contributed by atoms with Gasteiger partial charge in [-0.1, -0.05) is 12.5 Å². The molecule has 0 radical (unpaired) electrons. The third-order valence-corrected chi connectivity index (χ3v) is 4.19. The van der Waals surface area contributed by atoms with E-state index in [4.69, 9.17) is 4.74 Å². The Morgan fingerprint density at radius 2 is 2.44 bits per heavy atom. The summed E-state index contributed by atoms with van der Waals surface area (Å²) < 4.78 is 5.44. The molecule has 1 N–H and O–H groups in total. The first-order chi connectivity index (χ1) is 8.86. The number of carbonyl (C=O) groups excluding carboxylic acids is 1. The maximum absolute atomic E-state index is 11.6. The highest BCUT2D eigenvalue weighted by atomic mass is 32.1. The lowest BCUT2D eigenvalue weighted by atomic mass is 10.0. The third-order valence-electron chi connectivity index (χ3n) is 3.28. The molecule has 0 spiro atoms. The van der Waals surface area contributed by atoms with E-state index in [0.29, 0.717) is 12.6 Å². The Kier molecular flexibility index (Phi) is 5.84. The van der Waals surface area contributed by atoms with Gasteiger partial charge >= 0.3 is 0 Å². The van der Waals surface area contributed by atoms with Gasteiger partial charge in [0.25, 0.3) is 0 Å². The second-order valence-corrected chi connectivity index (χ2v) is 5.69. The molecule has 1 aromatic rings. The van der Waals surface area contributed by atoms with E-state index in [0.717, 1.165) is 24.3 Å². The fraction of sp³-hybridized carbons (Fsp3) is 0.643. The summed E-state index contributed by atoms with van der Waals surface area (Å²) in [7, 11) is 0. The van der Waals surface area contributed by atoms with Crippen molar-refractivity contribution in [1.82, 2.24) is 5.32 Å². The number of hydrogen-bond acceptors (Lipinski definition) is 4. The van der Waals surface area contributed by atoms with Crippen LogP contribution in [0.1, 0.15) is 41.8 Å². The predicted molar refractivity (Wildman–Crippen MR) is 74.3 cm³/mol. The van der Waals surface area contributed by atoms with Crippen LogP contribution in [0.2, 0.25) is 0 Å². The second kappa shape index (κ2) is 7.67. The zero-order valence-electron chi connectivity index (χ0n) is 10.7. The molecule has 1 aliphatic rings. The van der Waals surface area contributed by atoms with Crippen LogP contribution in [0.3, 0.4) is 0 Å². The Balaban J connectivity index is 1.52. The molecule has 2 heterocycles. The Morgan fingerprint density at radius 3 is 3.17 bits per heavy atom. The number of ketones is 1. The number of Topliss-reactive ketones (excluding diaryl/α,β-unsaturated/α-hetero) is 1. The van der Waals surface area contributed by atoms with Gasteiger partial charge < -0.3 is 10.1 Å². The van der Waals surface area contributed by atoms with Gasteiger partial charge in [0.1, 0.15) is 6.61 Å². The lowest BCUT2D eigenvalue weighted by Gasteiger charge is -2.23. The number of nitrogens with one attached hydrogen (secondary N) is 1. The summed E-state index contributed by atoms with van der Waals surface area (Å²) in [5, 5.41) is 5.44. The quantitative estimate of drug-likeness (QED) is 0.610. The van der Waals surface area contributed by atoms with E-state index in [-0.39, 0.29) is 12.4 Å². The first-order valence-electron chi connectivity index (χ1n) is 6.74. The molecule has 0 bridgehead atoms. The van der Waals surface area contributed by atoms with Crippen LogP contribution in [0.15, 0.2) is 17.5 Å². The number of ether oxygens (including phenoxy) is 1. The van der Waals surface area contributed by atoms with Crippen molar-refractivity contribution in [2.24, 2.45) is 0 Å². The molecular formula is C14H21NO2S. The Hall–Kier alpha value is -0.710. The van der Waals surface area contributed by atoms with Gasteiger partial charge in [-0.3, -0.25) is 4.79 Å². The van der Waals surface area contributed by atoms with E-state index in [9.17, 15) is 4.79 Å². The Labute approximate surface area is 113 Å². The van der Waals surface area contributed by atoms with Crippen LogP contribution in [0.5, 0.6) is 0 Å². The van der Waals surface area contributed by atoms with Crippen LogP contribution < -0.4 is 5.32 Å². The first-order valence-corrected chi connectivity index (χ1v) is 7.62. The lowest BCUT2D eigenvalue weighted by Crippen LogP contribution is -2.34. The fourth-order valence-corrected chi connectivity index (χ4v) is 2.93. The van der Waals surface area contributed by atoms with Gasteiger partial charge in [0.05, 0.1) is 4.88 Å². The molecule has 0 aromatic carbocycles. The van der Waals surface area contributed by atoms with Gasteiger partial charge in [0.2, 0.25) is 0 Å². The van der Waals surface area contributed by atoms with Crippen molar-refractivity contribution >= 4 is 17.1 Å². The number of thiophene rings is 1. The molecule has 1 aromatic heterocycles. The normalized spacial score (nSPS) is 19.9. The van der Waals surface area contributed by atoms with Crippen LogP contribution in [-0.2, 0) is 4.74 Å². The van der Waals surface area contributed by atoms with Crippen molar-refractivity contribution in [2.75, 3.05) is 19.8 Å². The highest BCUT2D eigenvalue weighted by Crippen LogP contribution is 2.12. The fourth-order valence-electron chi connectivity index (χ4n) is 2.28. The van der Waals surface area contributed by atoms with Gasteiger partial charge in [-0.25, -0.2) is 0 Å². The summed E-state index contributed by atoms with van der Waals surface area (Å²) in [6.07, 6.45) is 6.13. The lowest BCUT2D eigenvalue weighted by molar-refractivity contribution is 0.0752. The van der Waals surface area contributed by atoms with Crippen molar-refractivity contribution in [3.05, 3.63) is 22.4 Å². The van der Waals surface area contributed by atoms with E-state index in [1.807, 2.05) is 17.5 Å². The van der Waals surface area contributed by atoms with Crippen LogP contribution in [0, 0.1) is 0 Å². The van der Waals surface area contributed by atoms with Crippen LogP contribution >= 0.6 is 11.3 Å². The molecule has 4 heteroatoms. The van der Waals surface area contributed by atoms with Crippen LogP contribution in [-0.4, -0.2) is 31.6 Å². The monoisotopic (exact) mass is 267 g/mol. The molecular weight excluding hydrogens is 246 g/mol. The molecule has 18 heavy (non-hydrogen) atoms. The molecule has 1 saturated heterocycles. The molecule has 1 aliphatic heterocycles. The molecule has 2 rings (SSSR count). The maximum Gasteiger partial charge on any atom is 0.198 e. The number of carbonyl (C=O) groups is 1. The van der Waals surface area contributed by atoms with E-state index < -0.39 is 0 Å². The summed E-state index contributed by atoms with van der Waals surface area (Å²) in [6, 6.07) is 4.41. The van der Waals surface area contributed by atoms with E-state index in [2.05, 4.69) is 5.32 Å². The summed E-state index contributed by atoms with van der Waals surface area (Å²) in [4.78, 5) is 12.4. The van der Waals surface area contributed by atoms with Crippen molar-refractivity contribution in [2.45, 2.75) is 38.1 Å². The molecule has 0 aliphatic carbocycles. The van der Waals surface area contributed by atoms with Gasteiger partial charge in [0.15, 0.2) is 5.78 Å². The minimum absolute atomic E-state index is 0.0980. The van der Waals surface area contributed by atoms with Crippen molar-refractivity contribution in [1.29, 1.82) is 0 Å².